The van der Waals surface area contributed by atoms with E-state index in [0.717, 1.165) is 18.3 Å². The molecule has 1 aromatic heterocycles. The van der Waals surface area contributed by atoms with Gasteiger partial charge in [-0.15, -0.1) is 0 Å². The number of hydrogen-bond donors (Lipinski definition) is 2. The highest BCUT2D eigenvalue weighted by Crippen LogP contribution is 2.30. The van der Waals surface area contributed by atoms with Crippen molar-refractivity contribution in [1.29, 1.82) is 0 Å². The van der Waals surface area contributed by atoms with Gasteiger partial charge in [-0.1, -0.05) is 13.8 Å². The Labute approximate surface area is 105 Å². The van der Waals surface area contributed by atoms with Gasteiger partial charge < -0.3 is 11.1 Å². The van der Waals surface area contributed by atoms with Gasteiger partial charge in [-0.2, -0.15) is 13.2 Å². The Bertz CT molecular complexity index is 377. The monoisotopic (exact) mass is 261 g/mol. The summed E-state index contributed by atoms with van der Waals surface area (Å²) >= 11 is 0. The first-order chi connectivity index (χ1) is 8.34. The van der Waals surface area contributed by atoms with Crippen molar-refractivity contribution in [2.75, 3.05) is 11.9 Å². The van der Waals surface area contributed by atoms with Crippen LogP contribution in [-0.2, 0) is 6.18 Å². The van der Waals surface area contributed by atoms with E-state index in [4.69, 9.17) is 5.73 Å². The second-order valence-corrected chi connectivity index (χ2v) is 4.50. The van der Waals surface area contributed by atoms with E-state index in [1.807, 2.05) is 13.8 Å². The van der Waals surface area contributed by atoms with Gasteiger partial charge in [0.1, 0.15) is 5.82 Å². The molecule has 0 spiro atoms. The molecule has 0 bridgehead atoms. The number of hydrogen-bond acceptors (Lipinski definition) is 3. The van der Waals surface area contributed by atoms with Crippen LogP contribution in [0.15, 0.2) is 18.3 Å². The van der Waals surface area contributed by atoms with Crippen molar-refractivity contribution in [2.45, 2.75) is 32.5 Å². The summed E-state index contributed by atoms with van der Waals surface area (Å²) in [6, 6.07) is 2.00. The summed E-state index contributed by atoms with van der Waals surface area (Å²) < 4.78 is 37.6. The van der Waals surface area contributed by atoms with E-state index in [1.54, 1.807) is 0 Å². The number of nitrogens with one attached hydrogen (secondary N) is 1. The summed E-state index contributed by atoms with van der Waals surface area (Å²) in [5.41, 5.74) is 4.78. The molecule has 1 atom stereocenters. The highest BCUT2D eigenvalue weighted by molar-refractivity contribution is 5.39. The summed E-state index contributed by atoms with van der Waals surface area (Å²) in [4.78, 5) is 3.91. The first kappa shape index (κ1) is 14.8. The molecule has 0 aliphatic rings. The minimum absolute atomic E-state index is 0.0194. The van der Waals surface area contributed by atoms with Crippen LogP contribution in [0, 0.1) is 5.92 Å². The number of anilines is 1. The number of aromatic nitrogens is 1. The average Bonchev–Trinajstić information content (AvgIpc) is 2.27. The van der Waals surface area contributed by atoms with E-state index in [1.165, 1.54) is 0 Å². The zero-order valence-electron chi connectivity index (χ0n) is 10.5. The highest BCUT2D eigenvalue weighted by atomic mass is 19.4. The molecule has 0 radical (unpaired) electrons. The highest BCUT2D eigenvalue weighted by Gasteiger charge is 2.30. The van der Waals surface area contributed by atoms with Crippen LogP contribution in [0.5, 0.6) is 0 Å². The normalized spacial score (nSPS) is 13.7. The van der Waals surface area contributed by atoms with Crippen LogP contribution in [0.4, 0.5) is 19.0 Å². The van der Waals surface area contributed by atoms with Crippen LogP contribution in [0.25, 0.3) is 0 Å². The van der Waals surface area contributed by atoms with Crippen molar-refractivity contribution < 1.29 is 13.2 Å². The Morgan fingerprint density at radius 1 is 1.39 bits per heavy atom. The van der Waals surface area contributed by atoms with Crippen molar-refractivity contribution in [2.24, 2.45) is 11.7 Å². The van der Waals surface area contributed by atoms with Crippen molar-refractivity contribution in [1.82, 2.24) is 4.98 Å². The Hall–Kier alpha value is -1.30. The number of rotatable bonds is 5. The third-order valence-corrected chi connectivity index (χ3v) is 2.70. The van der Waals surface area contributed by atoms with Crippen LogP contribution in [0.2, 0.25) is 0 Å². The molecule has 102 valence electrons. The van der Waals surface area contributed by atoms with Crippen LogP contribution in [0.1, 0.15) is 25.8 Å². The molecule has 3 nitrogen and oxygen atoms in total. The van der Waals surface area contributed by atoms with E-state index in [2.05, 4.69) is 10.3 Å². The number of nitrogens with zero attached hydrogens (tertiary/aromatic N) is 1. The average molecular weight is 261 g/mol. The van der Waals surface area contributed by atoms with E-state index in [0.29, 0.717) is 13.0 Å². The first-order valence-electron chi connectivity index (χ1n) is 5.84. The predicted molar refractivity (Wildman–Crippen MR) is 65.2 cm³/mol. The third kappa shape index (κ3) is 4.18. The summed E-state index contributed by atoms with van der Waals surface area (Å²) in [5, 5.41) is 3.00. The molecule has 1 heterocycles. The first-order valence-corrected chi connectivity index (χ1v) is 5.84. The Morgan fingerprint density at radius 2 is 2.06 bits per heavy atom. The van der Waals surface area contributed by atoms with Crippen molar-refractivity contribution in [3.63, 3.8) is 0 Å². The molecule has 18 heavy (non-hydrogen) atoms. The summed E-state index contributed by atoms with van der Waals surface area (Å²) in [6.45, 7) is 4.46. The third-order valence-electron chi connectivity index (χ3n) is 2.70. The van der Waals surface area contributed by atoms with Gasteiger partial charge in [0.05, 0.1) is 5.56 Å². The molecular formula is C12H18F3N3. The quantitative estimate of drug-likeness (QED) is 0.857. The van der Waals surface area contributed by atoms with Gasteiger partial charge in [0.15, 0.2) is 0 Å². The van der Waals surface area contributed by atoms with Crippen LogP contribution in [0.3, 0.4) is 0 Å². The summed E-state index contributed by atoms with van der Waals surface area (Å²) in [5.74, 6) is 0.502. The van der Waals surface area contributed by atoms with E-state index >= 15 is 0 Å². The fourth-order valence-corrected chi connectivity index (χ4v) is 1.63. The maximum absolute atomic E-state index is 12.5. The van der Waals surface area contributed by atoms with Gasteiger partial charge in [0, 0.05) is 12.2 Å². The molecule has 0 aliphatic carbocycles. The van der Waals surface area contributed by atoms with E-state index in [-0.39, 0.29) is 17.8 Å². The molecular weight excluding hydrogens is 243 g/mol. The Kier molecular flexibility index (Phi) is 4.95. The lowest BCUT2D eigenvalue weighted by Gasteiger charge is -2.22. The fourth-order valence-electron chi connectivity index (χ4n) is 1.63. The number of nitrogens with two attached hydrogens (primary N) is 1. The topological polar surface area (TPSA) is 50.9 Å². The summed E-state index contributed by atoms with van der Waals surface area (Å²) in [7, 11) is 0. The zero-order valence-corrected chi connectivity index (χ0v) is 10.5. The van der Waals surface area contributed by atoms with Crippen LogP contribution < -0.4 is 11.1 Å². The number of alkyl halides is 3. The fraction of sp³-hybridized carbons (Fsp3) is 0.583. The minimum Gasteiger partial charge on any atom is -0.367 e. The number of halogens is 3. The second-order valence-electron chi connectivity index (χ2n) is 4.50. The van der Waals surface area contributed by atoms with Crippen molar-refractivity contribution >= 4 is 5.82 Å². The molecule has 0 saturated heterocycles. The Morgan fingerprint density at radius 3 is 2.56 bits per heavy atom. The SMILES string of the molecule is CC(C)C(CCN)Nc1cc(C(F)(F)F)ccn1. The van der Waals surface area contributed by atoms with E-state index in [9.17, 15) is 13.2 Å². The molecule has 0 aromatic carbocycles. The molecule has 1 unspecified atom stereocenters. The molecule has 3 N–H and O–H groups in total. The molecule has 1 aromatic rings. The summed E-state index contributed by atoms with van der Waals surface area (Å²) in [6.07, 6.45) is -2.50. The van der Waals surface area contributed by atoms with Gasteiger partial charge in [-0.25, -0.2) is 4.98 Å². The van der Waals surface area contributed by atoms with Gasteiger partial charge in [-0.3, -0.25) is 0 Å². The standard InChI is InChI=1S/C12H18F3N3/c1-8(2)10(3-5-16)18-11-7-9(4-6-17-11)12(13,14)15/h4,6-8,10H,3,5,16H2,1-2H3,(H,17,18). The maximum Gasteiger partial charge on any atom is 0.416 e. The number of pyridine rings is 1. The Balaban J connectivity index is 2.83. The van der Waals surface area contributed by atoms with Gasteiger partial charge in [-0.05, 0) is 31.0 Å². The van der Waals surface area contributed by atoms with Gasteiger partial charge in [0.25, 0.3) is 0 Å². The van der Waals surface area contributed by atoms with Gasteiger partial charge in [0.2, 0.25) is 0 Å². The minimum atomic E-state index is -4.35. The predicted octanol–water partition coefficient (Wildman–Crippen LogP) is 2.89. The van der Waals surface area contributed by atoms with Crippen molar-refractivity contribution in [3.8, 4) is 0 Å². The molecule has 0 amide bonds. The molecule has 0 saturated carbocycles. The largest absolute Gasteiger partial charge is 0.416 e. The van der Waals surface area contributed by atoms with Gasteiger partial charge >= 0.3 is 6.18 Å². The smallest absolute Gasteiger partial charge is 0.367 e. The van der Waals surface area contributed by atoms with Crippen molar-refractivity contribution in [3.05, 3.63) is 23.9 Å². The molecule has 6 heteroatoms. The molecule has 0 aliphatic heterocycles. The zero-order chi connectivity index (χ0) is 13.8. The molecule has 0 fully saturated rings. The van der Waals surface area contributed by atoms with E-state index < -0.39 is 11.7 Å². The lowest BCUT2D eigenvalue weighted by atomic mass is 10.0. The maximum atomic E-state index is 12.5. The lowest BCUT2D eigenvalue weighted by Crippen LogP contribution is -2.29. The lowest BCUT2D eigenvalue weighted by molar-refractivity contribution is -0.137. The second kappa shape index (κ2) is 6.04. The van der Waals surface area contributed by atoms with Crippen LogP contribution >= 0.6 is 0 Å². The molecule has 1 rings (SSSR count). The van der Waals surface area contributed by atoms with Crippen LogP contribution in [-0.4, -0.2) is 17.6 Å².